The van der Waals surface area contributed by atoms with Gasteiger partial charge in [0.15, 0.2) is 0 Å². The lowest BCUT2D eigenvalue weighted by molar-refractivity contribution is -0.127. The van der Waals surface area contributed by atoms with E-state index in [1.54, 1.807) is 7.11 Å². The minimum absolute atomic E-state index is 0.0000958. The lowest BCUT2D eigenvalue weighted by Crippen LogP contribution is -2.30. The summed E-state index contributed by atoms with van der Waals surface area (Å²) in [7, 11) is 1.64. The summed E-state index contributed by atoms with van der Waals surface area (Å²) in [5, 5.41) is 0. The van der Waals surface area contributed by atoms with E-state index in [4.69, 9.17) is 10.5 Å². The van der Waals surface area contributed by atoms with Crippen LogP contribution in [-0.2, 0) is 11.2 Å². The van der Waals surface area contributed by atoms with Crippen LogP contribution in [0, 0.1) is 0 Å². The smallest absolute Gasteiger partial charge is 0.224 e. The molecule has 1 aliphatic rings. The number of nitrogens with zero attached hydrogens (tertiary/aromatic N) is 1. The zero-order valence-electron chi connectivity index (χ0n) is 10.4. The predicted molar refractivity (Wildman–Crippen MR) is 73.6 cm³/mol. The zero-order chi connectivity index (χ0) is 13.1. The van der Waals surface area contributed by atoms with Gasteiger partial charge in [0, 0.05) is 25.6 Å². The molecule has 1 amide bonds. The topological polar surface area (TPSA) is 55.6 Å². The van der Waals surface area contributed by atoms with Crippen LogP contribution >= 0.6 is 15.9 Å². The first-order valence-corrected chi connectivity index (χ1v) is 6.75. The van der Waals surface area contributed by atoms with Gasteiger partial charge in [0.1, 0.15) is 5.75 Å². The number of ether oxygens (including phenoxy) is 1. The summed E-state index contributed by atoms with van der Waals surface area (Å²) in [6.07, 6.45) is 1.31. The maximum Gasteiger partial charge on any atom is 0.224 e. The molecule has 0 radical (unpaired) electrons. The molecule has 1 aromatic rings. The van der Waals surface area contributed by atoms with E-state index in [0.29, 0.717) is 13.0 Å². The van der Waals surface area contributed by atoms with E-state index in [1.165, 1.54) is 5.56 Å². The van der Waals surface area contributed by atoms with Crippen molar-refractivity contribution in [1.82, 2.24) is 4.90 Å². The molecule has 0 spiro atoms. The summed E-state index contributed by atoms with van der Waals surface area (Å²) in [4.78, 5) is 13.4. The molecular formula is C13H17BrN2O2. The standard InChI is InChI=1S/C13H17BrN2O2/c1-18-12-3-2-9(6-11(12)14)4-5-16-8-10(15)7-13(16)17/h2-3,6,10H,4-5,7-8,15H2,1H3. The molecule has 0 saturated carbocycles. The molecule has 0 aliphatic carbocycles. The largest absolute Gasteiger partial charge is 0.496 e. The normalized spacial score (nSPS) is 19.4. The van der Waals surface area contributed by atoms with Gasteiger partial charge in [-0.05, 0) is 40.0 Å². The van der Waals surface area contributed by atoms with Gasteiger partial charge in [-0.15, -0.1) is 0 Å². The van der Waals surface area contributed by atoms with Gasteiger partial charge in [0.25, 0.3) is 0 Å². The Labute approximate surface area is 115 Å². The van der Waals surface area contributed by atoms with Gasteiger partial charge in [-0.3, -0.25) is 4.79 Å². The first-order chi connectivity index (χ1) is 8.60. The minimum Gasteiger partial charge on any atom is -0.496 e. The fourth-order valence-corrected chi connectivity index (χ4v) is 2.74. The van der Waals surface area contributed by atoms with Crippen molar-refractivity contribution in [3.63, 3.8) is 0 Å². The maximum atomic E-state index is 11.6. The quantitative estimate of drug-likeness (QED) is 0.918. The highest BCUT2D eigenvalue weighted by Crippen LogP contribution is 2.25. The van der Waals surface area contributed by atoms with Crippen molar-refractivity contribution >= 4 is 21.8 Å². The Morgan fingerprint density at radius 2 is 2.33 bits per heavy atom. The summed E-state index contributed by atoms with van der Waals surface area (Å²) in [5.41, 5.74) is 6.94. The molecule has 1 aromatic carbocycles. The first kappa shape index (κ1) is 13.4. The summed E-state index contributed by atoms with van der Waals surface area (Å²) in [5.74, 6) is 0.980. The second kappa shape index (κ2) is 5.71. The number of amides is 1. The van der Waals surface area contributed by atoms with Crippen molar-refractivity contribution in [2.24, 2.45) is 5.73 Å². The van der Waals surface area contributed by atoms with Gasteiger partial charge < -0.3 is 15.4 Å². The molecular weight excluding hydrogens is 296 g/mol. The van der Waals surface area contributed by atoms with Crippen molar-refractivity contribution in [2.75, 3.05) is 20.2 Å². The van der Waals surface area contributed by atoms with Crippen molar-refractivity contribution in [3.8, 4) is 5.75 Å². The lowest BCUT2D eigenvalue weighted by Gasteiger charge is -2.16. The van der Waals surface area contributed by atoms with Crippen LogP contribution in [0.4, 0.5) is 0 Å². The molecule has 1 heterocycles. The molecule has 1 atom stereocenters. The fourth-order valence-electron chi connectivity index (χ4n) is 2.15. The van der Waals surface area contributed by atoms with Crippen LogP contribution in [0.5, 0.6) is 5.75 Å². The highest BCUT2D eigenvalue weighted by molar-refractivity contribution is 9.10. The van der Waals surface area contributed by atoms with E-state index in [0.717, 1.165) is 23.2 Å². The van der Waals surface area contributed by atoms with E-state index in [-0.39, 0.29) is 11.9 Å². The molecule has 1 fully saturated rings. The number of benzene rings is 1. The highest BCUT2D eigenvalue weighted by atomic mass is 79.9. The van der Waals surface area contributed by atoms with E-state index in [1.807, 2.05) is 23.1 Å². The Bertz CT molecular complexity index is 451. The number of carbonyl (C=O) groups is 1. The van der Waals surface area contributed by atoms with Crippen LogP contribution in [0.25, 0.3) is 0 Å². The molecule has 5 heteroatoms. The number of rotatable bonds is 4. The average molecular weight is 313 g/mol. The molecule has 2 N–H and O–H groups in total. The third kappa shape index (κ3) is 3.03. The Morgan fingerprint density at radius 1 is 1.56 bits per heavy atom. The number of methoxy groups -OCH3 is 1. The Balaban J connectivity index is 1.94. The van der Waals surface area contributed by atoms with Gasteiger partial charge in [-0.25, -0.2) is 0 Å². The molecule has 18 heavy (non-hydrogen) atoms. The second-order valence-corrected chi connectivity index (χ2v) is 5.38. The van der Waals surface area contributed by atoms with Crippen LogP contribution in [0.2, 0.25) is 0 Å². The van der Waals surface area contributed by atoms with Gasteiger partial charge in [0.05, 0.1) is 11.6 Å². The summed E-state index contributed by atoms with van der Waals surface area (Å²) >= 11 is 3.46. The molecule has 1 aliphatic heterocycles. The Morgan fingerprint density at radius 3 is 2.89 bits per heavy atom. The number of nitrogens with two attached hydrogens (primary N) is 1. The third-order valence-corrected chi connectivity index (χ3v) is 3.75. The Hall–Kier alpha value is -1.07. The van der Waals surface area contributed by atoms with Gasteiger partial charge in [-0.2, -0.15) is 0 Å². The highest BCUT2D eigenvalue weighted by Gasteiger charge is 2.26. The van der Waals surface area contributed by atoms with Crippen LogP contribution in [0.1, 0.15) is 12.0 Å². The zero-order valence-corrected chi connectivity index (χ0v) is 11.9. The monoisotopic (exact) mass is 312 g/mol. The summed E-state index contributed by atoms with van der Waals surface area (Å²) < 4.78 is 6.12. The molecule has 1 saturated heterocycles. The van der Waals surface area contributed by atoms with Crippen molar-refractivity contribution in [2.45, 2.75) is 18.9 Å². The average Bonchev–Trinajstić information content (AvgIpc) is 2.65. The fraction of sp³-hybridized carbons (Fsp3) is 0.462. The van der Waals surface area contributed by atoms with Crippen LogP contribution in [0.15, 0.2) is 22.7 Å². The molecule has 4 nitrogen and oxygen atoms in total. The molecule has 0 aromatic heterocycles. The van der Waals surface area contributed by atoms with E-state index in [9.17, 15) is 4.79 Å². The van der Waals surface area contributed by atoms with Crippen LogP contribution in [-0.4, -0.2) is 37.0 Å². The third-order valence-electron chi connectivity index (χ3n) is 3.13. The second-order valence-electron chi connectivity index (χ2n) is 4.52. The first-order valence-electron chi connectivity index (χ1n) is 5.96. The number of halogens is 1. The molecule has 2 rings (SSSR count). The Kier molecular flexibility index (Phi) is 4.24. The molecule has 98 valence electrons. The SMILES string of the molecule is COc1ccc(CCN2CC(N)CC2=O)cc1Br. The minimum atomic E-state index is 0.0000958. The summed E-state index contributed by atoms with van der Waals surface area (Å²) in [6, 6.07) is 5.97. The number of carbonyl (C=O) groups excluding carboxylic acids is 1. The van der Waals surface area contributed by atoms with Gasteiger partial charge in [-0.1, -0.05) is 6.07 Å². The van der Waals surface area contributed by atoms with Crippen molar-refractivity contribution in [3.05, 3.63) is 28.2 Å². The summed E-state index contributed by atoms with van der Waals surface area (Å²) in [6.45, 7) is 1.40. The van der Waals surface area contributed by atoms with E-state index >= 15 is 0 Å². The maximum absolute atomic E-state index is 11.6. The molecule has 1 unspecified atom stereocenters. The van der Waals surface area contributed by atoms with E-state index in [2.05, 4.69) is 15.9 Å². The van der Waals surface area contributed by atoms with Crippen molar-refractivity contribution < 1.29 is 9.53 Å². The lowest BCUT2D eigenvalue weighted by atomic mass is 10.1. The van der Waals surface area contributed by atoms with Crippen LogP contribution in [0.3, 0.4) is 0 Å². The van der Waals surface area contributed by atoms with Gasteiger partial charge >= 0.3 is 0 Å². The van der Waals surface area contributed by atoms with E-state index < -0.39 is 0 Å². The number of hydrogen-bond donors (Lipinski definition) is 1. The number of hydrogen-bond acceptors (Lipinski definition) is 3. The predicted octanol–water partition coefficient (Wildman–Crippen LogP) is 1.56. The number of likely N-dealkylation sites (tertiary alicyclic amines) is 1. The van der Waals surface area contributed by atoms with Crippen LogP contribution < -0.4 is 10.5 Å². The van der Waals surface area contributed by atoms with Gasteiger partial charge in [0.2, 0.25) is 5.91 Å². The molecule has 0 bridgehead atoms. The van der Waals surface area contributed by atoms with Crippen molar-refractivity contribution in [1.29, 1.82) is 0 Å².